The Hall–Kier alpha value is -2.31. The summed E-state index contributed by atoms with van der Waals surface area (Å²) in [5.74, 6) is -1.40. The fourth-order valence-electron chi connectivity index (χ4n) is 1.94. The van der Waals surface area contributed by atoms with Crippen molar-refractivity contribution in [3.8, 4) is 5.75 Å². The van der Waals surface area contributed by atoms with Crippen LogP contribution in [0.1, 0.15) is 20.8 Å². The summed E-state index contributed by atoms with van der Waals surface area (Å²) >= 11 is 0. The lowest BCUT2D eigenvalue weighted by atomic mass is 10.1. The monoisotopic (exact) mass is 296 g/mol. The Morgan fingerprint density at radius 2 is 2.05 bits per heavy atom. The van der Waals surface area contributed by atoms with Crippen LogP contribution in [0.5, 0.6) is 5.75 Å². The molecule has 116 valence electrons. The standard InChI is InChI=1S/C14H20N2O5/c1-9(2)21-12-7-5-6-11(13(12)16(19)20)15(4)8-10(3)14(17)18/h5-7,9-10H,8H2,1-4H3,(H,17,18). The fraction of sp³-hybridized carbons (Fsp3) is 0.500. The van der Waals surface area contributed by atoms with E-state index >= 15 is 0 Å². The molecule has 1 atom stereocenters. The van der Waals surface area contributed by atoms with Gasteiger partial charge in [0.2, 0.25) is 0 Å². The van der Waals surface area contributed by atoms with Crippen molar-refractivity contribution in [2.75, 3.05) is 18.5 Å². The zero-order chi connectivity index (χ0) is 16.2. The predicted molar refractivity (Wildman–Crippen MR) is 78.9 cm³/mol. The molecule has 1 unspecified atom stereocenters. The maximum absolute atomic E-state index is 11.3. The third kappa shape index (κ3) is 4.34. The summed E-state index contributed by atoms with van der Waals surface area (Å²) in [4.78, 5) is 23.3. The number of carbonyl (C=O) groups is 1. The Morgan fingerprint density at radius 1 is 1.43 bits per heavy atom. The number of hydrogen-bond donors (Lipinski definition) is 1. The number of nitro groups is 1. The summed E-state index contributed by atoms with van der Waals surface area (Å²) in [7, 11) is 1.63. The first-order chi connectivity index (χ1) is 9.73. The van der Waals surface area contributed by atoms with E-state index in [0.717, 1.165) is 0 Å². The molecular weight excluding hydrogens is 276 g/mol. The van der Waals surface area contributed by atoms with Gasteiger partial charge in [0.05, 0.1) is 16.9 Å². The maximum Gasteiger partial charge on any atom is 0.333 e. The van der Waals surface area contributed by atoms with Crippen LogP contribution in [-0.4, -0.2) is 35.7 Å². The molecule has 1 N–H and O–H groups in total. The summed E-state index contributed by atoms with van der Waals surface area (Å²) in [6, 6.07) is 4.78. The minimum absolute atomic E-state index is 0.147. The van der Waals surface area contributed by atoms with E-state index in [1.165, 1.54) is 6.07 Å². The highest BCUT2D eigenvalue weighted by Crippen LogP contribution is 2.37. The average molecular weight is 296 g/mol. The van der Waals surface area contributed by atoms with Crippen molar-refractivity contribution < 1.29 is 19.6 Å². The Bertz CT molecular complexity index is 530. The Morgan fingerprint density at radius 3 is 2.52 bits per heavy atom. The average Bonchev–Trinajstić information content (AvgIpc) is 2.36. The summed E-state index contributed by atoms with van der Waals surface area (Å²) in [6.45, 7) is 5.29. The molecule has 0 amide bonds. The Kier molecular flexibility index (Phi) is 5.52. The van der Waals surface area contributed by atoms with E-state index in [-0.39, 0.29) is 24.1 Å². The van der Waals surface area contributed by atoms with E-state index < -0.39 is 16.8 Å². The summed E-state index contributed by atoms with van der Waals surface area (Å²) in [6.07, 6.45) is -0.192. The number of carboxylic acids is 1. The van der Waals surface area contributed by atoms with Crippen molar-refractivity contribution in [2.45, 2.75) is 26.9 Å². The highest BCUT2D eigenvalue weighted by molar-refractivity contribution is 5.73. The second kappa shape index (κ2) is 6.92. The second-order valence-corrected chi connectivity index (χ2v) is 5.17. The highest BCUT2D eigenvalue weighted by Gasteiger charge is 2.25. The van der Waals surface area contributed by atoms with Crippen molar-refractivity contribution in [3.05, 3.63) is 28.3 Å². The van der Waals surface area contributed by atoms with Crippen molar-refractivity contribution in [2.24, 2.45) is 5.92 Å². The third-order valence-corrected chi connectivity index (χ3v) is 2.90. The van der Waals surface area contributed by atoms with Crippen LogP contribution in [-0.2, 0) is 4.79 Å². The van der Waals surface area contributed by atoms with E-state index in [9.17, 15) is 14.9 Å². The summed E-state index contributed by atoms with van der Waals surface area (Å²) in [5, 5.41) is 20.3. The predicted octanol–water partition coefficient (Wildman–Crippen LogP) is 2.54. The largest absolute Gasteiger partial charge is 0.484 e. The Balaban J connectivity index is 3.16. The molecule has 0 aliphatic rings. The van der Waals surface area contributed by atoms with Gasteiger partial charge in [0.25, 0.3) is 0 Å². The summed E-state index contributed by atoms with van der Waals surface area (Å²) in [5.41, 5.74) is 0.192. The zero-order valence-electron chi connectivity index (χ0n) is 12.6. The van der Waals surface area contributed by atoms with Gasteiger partial charge in [-0.05, 0) is 26.0 Å². The van der Waals surface area contributed by atoms with Crippen LogP contribution in [0.25, 0.3) is 0 Å². The van der Waals surface area contributed by atoms with Crippen molar-refractivity contribution in [1.29, 1.82) is 0 Å². The first-order valence-corrected chi connectivity index (χ1v) is 6.62. The van der Waals surface area contributed by atoms with Gasteiger partial charge in [-0.15, -0.1) is 0 Å². The molecule has 0 aromatic heterocycles. The van der Waals surface area contributed by atoms with Crippen LogP contribution in [0.15, 0.2) is 18.2 Å². The topological polar surface area (TPSA) is 92.9 Å². The molecule has 7 nitrogen and oxygen atoms in total. The van der Waals surface area contributed by atoms with Crippen LogP contribution in [0.2, 0.25) is 0 Å². The number of anilines is 1. The molecule has 1 aromatic carbocycles. The first-order valence-electron chi connectivity index (χ1n) is 6.62. The minimum atomic E-state index is -0.945. The number of para-hydroxylation sites is 1. The molecule has 0 bridgehead atoms. The number of nitrogens with zero attached hydrogens (tertiary/aromatic N) is 2. The number of aliphatic carboxylic acids is 1. The van der Waals surface area contributed by atoms with Gasteiger partial charge in [-0.2, -0.15) is 0 Å². The number of ether oxygens (including phenoxy) is 1. The molecule has 0 aliphatic carbocycles. The molecule has 21 heavy (non-hydrogen) atoms. The highest BCUT2D eigenvalue weighted by atomic mass is 16.6. The van der Waals surface area contributed by atoms with Gasteiger partial charge < -0.3 is 14.7 Å². The van der Waals surface area contributed by atoms with E-state index in [0.29, 0.717) is 5.69 Å². The molecule has 0 saturated heterocycles. The molecule has 7 heteroatoms. The molecule has 0 fully saturated rings. The van der Waals surface area contributed by atoms with Crippen molar-refractivity contribution in [3.63, 3.8) is 0 Å². The molecule has 0 spiro atoms. The molecule has 0 radical (unpaired) electrons. The van der Waals surface area contributed by atoms with Crippen molar-refractivity contribution in [1.82, 2.24) is 0 Å². The maximum atomic E-state index is 11.3. The summed E-state index contributed by atoms with van der Waals surface area (Å²) < 4.78 is 5.47. The lowest BCUT2D eigenvalue weighted by Gasteiger charge is -2.22. The van der Waals surface area contributed by atoms with Crippen LogP contribution >= 0.6 is 0 Å². The third-order valence-electron chi connectivity index (χ3n) is 2.90. The number of carboxylic acid groups (broad SMARTS) is 1. The molecule has 0 aliphatic heterocycles. The Labute approximate surface area is 123 Å². The number of nitro benzene ring substituents is 1. The molecular formula is C14H20N2O5. The second-order valence-electron chi connectivity index (χ2n) is 5.17. The number of rotatable bonds is 7. The van der Waals surface area contributed by atoms with Crippen molar-refractivity contribution >= 4 is 17.3 Å². The zero-order valence-corrected chi connectivity index (χ0v) is 12.6. The molecule has 1 rings (SSSR count). The van der Waals surface area contributed by atoms with E-state index in [2.05, 4.69) is 0 Å². The quantitative estimate of drug-likeness (QED) is 0.614. The van der Waals surface area contributed by atoms with Gasteiger partial charge in [0.1, 0.15) is 5.69 Å². The molecule has 1 aromatic rings. The smallest absolute Gasteiger partial charge is 0.333 e. The SMILES string of the molecule is CC(C)Oc1cccc(N(C)CC(C)C(=O)O)c1[N+](=O)[O-]. The van der Waals surface area contributed by atoms with Gasteiger partial charge in [0, 0.05) is 13.6 Å². The normalized spacial score (nSPS) is 12.0. The number of benzene rings is 1. The van der Waals surface area contributed by atoms with Crippen LogP contribution in [0, 0.1) is 16.0 Å². The fourth-order valence-corrected chi connectivity index (χ4v) is 1.94. The van der Waals surface area contributed by atoms with Crippen LogP contribution < -0.4 is 9.64 Å². The first kappa shape index (κ1) is 16.7. The molecule has 0 heterocycles. The van der Waals surface area contributed by atoms with E-state index in [1.807, 2.05) is 0 Å². The van der Waals surface area contributed by atoms with Gasteiger partial charge >= 0.3 is 11.7 Å². The van der Waals surface area contributed by atoms with E-state index in [4.69, 9.17) is 9.84 Å². The van der Waals surface area contributed by atoms with Gasteiger partial charge in [-0.1, -0.05) is 13.0 Å². The van der Waals surface area contributed by atoms with Gasteiger partial charge in [0.15, 0.2) is 5.75 Å². The molecule has 0 saturated carbocycles. The lowest BCUT2D eigenvalue weighted by Crippen LogP contribution is -2.29. The van der Waals surface area contributed by atoms with E-state index in [1.54, 1.807) is 44.9 Å². The van der Waals surface area contributed by atoms with Crippen LogP contribution in [0.3, 0.4) is 0 Å². The van der Waals surface area contributed by atoms with Gasteiger partial charge in [-0.3, -0.25) is 14.9 Å². The number of hydrogen-bond acceptors (Lipinski definition) is 5. The van der Waals surface area contributed by atoms with Crippen LogP contribution in [0.4, 0.5) is 11.4 Å². The van der Waals surface area contributed by atoms with Gasteiger partial charge in [-0.25, -0.2) is 0 Å². The minimum Gasteiger partial charge on any atom is -0.484 e. The lowest BCUT2D eigenvalue weighted by molar-refractivity contribution is -0.385.